The van der Waals surface area contributed by atoms with E-state index >= 15 is 0 Å². The second kappa shape index (κ2) is 26.3. The molecule has 3 heterocycles. The van der Waals surface area contributed by atoms with Crippen LogP contribution in [0.2, 0.25) is 0 Å². The van der Waals surface area contributed by atoms with E-state index in [0.717, 1.165) is 111 Å². The van der Waals surface area contributed by atoms with Crippen molar-refractivity contribution in [2.45, 2.75) is 261 Å². The highest BCUT2D eigenvalue weighted by Gasteiger charge is 2.63. The third-order valence-electron chi connectivity index (χ3n) is 28.0. The van der Waals surface area contributed by atoms with E-state index in [0.29, 0.717) is 52.6 Å². The zero-order valence-electron chi connectivity index (χ0n) is 53.8. The summed E-state index contributed by atoms with van der Waals surface area (Å²) >= 11 is 0. The summed E-state index contributed by atoms with van der Waals surface area (Å²) < 4.78 is 1.64. The molecule has 3 aromatic heterocycles. The van der Waals surface area contributed by atoms with Crippen LogP contribution in [0.5, 0.6) is 0 Å². The molecule has 0 radical (unpaired) electrons. The third-order valence-corrected chi connectivity index (χ3v) is 28.0. The Hall–Kier alpha value is -4.20. The fourth-order valence-electron chi connectivity index (χ4n) is 24.3. The maximum absolute atomic E-state index is 13.2. The van der Waals surface area contributed by atoms with Crippen LogP contribution in [0.4, 0.5) is 0 Å². The minimum Gasteiger partial charge on any atom is -0.390 e. The van der Waals surface area contributed by atoms with Crippen LogP contribution in [0.1, 0.15) is 276 Å². The van der Waals surface area contributed by atoms with Gasteiger partial charge in [0, 0.05) is 38.8 Å². The Balaban J connectivity index is 0.000000153. The fourth-order valence-corrected chi connectivity index (χ4v) is 24.3. The number of ketones is 3. The first kappa shape index (κ1) is 69.1. The smallest absolute Gasteiger partial charge is 0.188 e. The second-order valence-corrected chi connectivity index (χ2v) is 32.7. The number of nitrogens with zero attached hydrogens (tertiary/aromatic N) is 9. The molecule has 16 nitrogen and oxygen atoms in total. The molecule has 12 saturated carbocycles. The lowest BCUT2D eigenvalue weighted by atomic mass is 9.49. The van der Waals surface area contributed by atoms with E-state index in [9.17, 15) is 29.7 Å². The maximum atomic E-state index is 13.2. The summed E-state index contributed by atoms with van der Waals surface area (Å²) in [5.74, 6) is 12.4. The number of hydrogen-bond donors (Lipinski definition) is 4. The van der Waals surface area contributed by atoms with Gasteiger partial charge >= 0.3 is 0 Å². The van der Waals surface area contributed by atoms with E-state index < -0.39 is 16.8 Å². The minimum absolute atomic E-state index is 0. The number of H-pyrrole nitrogens is 1. The standard InChI is InChI=1S/2C23H35N3O2.C22H33N3O2.C2H3N.3CH4/c1-22(28)10-8-15-14(12-22)4-5-17-16(15)9-11-23(2)18(17)6-7-19(23)21(27)20-13-26(3)25-24-20;1-22(28)10-8-15-14(12-22)4-5-17-16(15)9-11-23(2)18(17)6-7-19(23)21(27)20-13-24-26(3)25-20;1-21(27)9-7-14-13(11-21)3-4-16-15(14)8-10-22(2)17(16)5-6-18(22)20(26)19-12-23-25-24-19;1-2-3;;;/h2*13-19,28H,4-12H2,1-3H3;12-18,27H,3-11H2,1-2H3,(H,23,24,25);1H3;3*1H4/t2*14-,15+,16-,17-,18+,19-,22-,23+;13-,14+,15-,16-,17+,18-,21-,22+;;;;/m111..../s1. The highest BCUT2D eigenvalue weighted by atomic mass is 16.3. The summed E-state index contributed by atoms with van der Waals surface area (Å²) in [6.45, 7) is 14.7. The molecular formula is C73H118N10O6. The second-order valence-electron chi connectivity index (χ2n) is 32.7. The summed E-state index contributed by atoms with van der Waals surface area (Å²) in [6.07, 6.45) is 36.2. The van der Waals surface area contributed by atoms with Crippen molar-refractivity contribution in [1.29, 1.82) is 5.26 Å². The Morgan fingerprint density at radius 2 is 0.854 bits per heavy atom. The van der Waals surface area contributed by atoms with Gasteiger partial charge in [0.1, 0.15) is 17.1 Å². The summed E-state index contributed by atoms with van der Waals surface area (Å²) in [5, 5.41) is 66.0. The minimum atomic E-state index is -0.446. The van der Waals surface area contributed by atoms with E-state index in [1.807, 2.05) is 27.8 Å². The zero-order chi connectivity index (χ0) is 60.9. The van der Waals surface area contributed by atoms with Crippen LogP contribution < -0.4 is 0 Å². The van der Waals surface area contributed by atoms with E-state index in [2.05, 4.69) is 56.7 Å². The van der Waals surface area contributed by atoms with Crippen LogP contribution in [0, 0.1) is 134 Å². The van der Waals surface area contributed by atoms with Gasteiger partial charge in [0.25, 0.3) is 0 Å². The van der Waals surface area contributed by atoms with Gasteiger partial charge in [-0.2, -0.15) is 35.7 Å². The summed E-state index contributed by atoms with van der Waals surface area (Å²) in [5.41, 5.74) is 0.666. The molecule has 24 atom stereocenters. The van der Waals surface area contributed by atoms with Crippen LogP contribution in [0.25, 0.3) is 0 Å². The predicted octanol–water partition coefficient (Wildman–Crippen LogP) is 14.5. The van der Waals surface area contributed by atoms with Crippen LogP contribution in [-0.2, 0) is 14.1 Å². The largest absolute Gasteiger partial charge is 0.390 e. The van der Waals surface area contributed by atoms with Crippen LogP contribution in [0.15, 0.2) is 18.6 Å². The van der Waals surface area contributed by atoms with E-state index in [-0.39, 0.29) is 73.6 Å². The number of aromatic nitrogens is 9. The molecule has 0 saturated heterocycles. The molecule has 0 spiro atoms. The van der Waals surface area contributed by atoms with Gasteiger partial charge in [-0.3, -0.25) is 19.1 Å². The third kappa shape index (κ3) is 12.7. The highest BCUT2D eigenvalue weighted by Crippen LogP contribution is 2.68. The maximum Gasteiger partial charge on any atom is 0.188 e. The average Bonchev–Trinajstić information content (AvgIpc) is 1.73. The van der Waals surface area contributed by atoms with Crippen molar-refractivity contribution >= 4 is 17.3 Å². The SMILES string of the molecule is C.C.C.CC#N.C[C@@]1(O)CC[C@H]2[C@H](CC[C@@H]3[C@@H]2CC[C@]2(C)[C@@H](C(=O)c4cn[nH]n4)CC[C@@H]32)C1.Cn1cc(C(=O)[C@H]2CC[C@H]3[C@@H]4CC[C@@H]5C[C@](C)(O)CC[C@@H]5[C@H]4CC[C@]23C)nn1.Cn1ncc(C(=O)[C@H]2CC[C@H]3[C@@H]4CC[C@@H]5C[C@](C)(O)CC[C@@H]5[C@H]4CC[C@]23C)n1. The summed E-state index contributed by atoms with van der Waals surface area (Å²) in [4.78, 5) is 41.0. The molecule has 0 bridgehead atoms. The Morgan fingerprint density at radius 3 is 1.18 bits per heavy atom. The van der Waals surface area contributed by atoms with Gasteiger partial charge in [0.05, 0.1) is 41.5 Å². The van der Waals surface area contributed by atoms with Crippen LogP contribution in [0.3, 0.4) is 0 Å². The lowest BCUT2D eigenvalue weighted by molar-refractivity contribution is -0.0976. The first-order chi connectivity index (χ1) is 40.9. The monoisotopic (exact) mass is 1230 g/mol. The molecule has 496 valence electrons. The van der Waals surface area contributed by atoms with Gasteiger partial charge in [-0.25, -0.2) is 0 Å². The Bertz CT molecular complexity index is 2830. The number of nitriles is 1. The molecule has 0 aromatic carbocycles. The van der Waals surface area contributed by atoms with Crippen molar-refractivity contribution in [3.63, 3.8) is 0 Å². The van der Waals surface area contributed by atoms with Crippen molar-refractivity contribution in [2.24, 2.45) is 137 Å². The number of nitrogens with one attached hydrogen (secondary N) is 1. The van der Waals surface area contributed by atoms with Crippen LogP contribution >= 0.6 is 0 Å². The number of aromatic amines is 1. The van der Waals surface area contributed by atoms with Gasteiger partial charge in [0.2, 0.25) is 0 Å². The molecule has 15 rings (SSSR count). The van der Waals surface area contributed by atoms with Gasteiger partial charge in [-0.15, -0.1) is 5.10 Å². The van der Waals surface area contributed by atoms with Gasteiger partial charge < -0.3 is 15.3 Å². The van der Waals surface area contributed by atoms with Crippen molar-refractivity contribution in [3.05, 3.63) is 35.7 Å². The molecule has 12 fully saturated rings. The Labute approximate surface area is 534 Å². The number of rotatable bonds is 6. The molecule has 12 aliphatic rings. The predicted molar refractivity (Wildman–Crippen MR) is 347 cm³/mol. The number of aliphatic hydroxyl groups is 3. The number of aryl methyl sites for hydroxylation is 2. The Morgan fingerprint density at radius 1 is 0.494 bits per heavy atom. The van der Waals surface area contributed by atoms with E-state index in [4.69, 9.17) is 5.26 Å². The molecule has 89 heavy (non-hydrogen) atoms. The van der Waals surface area contributed by atoms with Gasteiger partial charge in [-0.05, 0) is 299 Å². The molecule has 3 aromatic rings. The van der Waals surface area contributed by atoms with Crippen LogP contribution in [-0.4, -0.2) is 94.9 Å². The first-order valence-corrected chi connectivity index (χ1v) is 34.6. The topological polar surface area (TPSA) is 239 Å². The molecule has 0 aliphatic heterocycles. The van der Waals surface area contributed by atoms with Crippen molar-refractivity contribution < 1.29 is 29.7 Å². The van der Waals surface area contributed by atoms with E-state index in [1.165, 1.54) is 127 Å². The summed E-state index contributed by atoms with van der Waals surface area (Å²) in [7, 11) is 3.61. The fraction of sp³-hybridized carbons (Fsp3) is 0.863. The lowest BCUT2D eigenvalue weighted by Gasteiger charge is -2.56. The number of carbonyl (C=O) groups excluding carboxylic acids is 3. The van der Waals surface area contributed by atoms with Crippen molar-refractivity contribution in [1.82, 2.24) is 45.4 Å². The first-order valence-electron chi connectivity index (χ1n) is 34.6. The number of Topliss-reactive ketones (excluding diaryl/α,β-unsaturated/α-hetero) is 3. The lowest BCUT2D eigenvalue weighted by Crippen LogP contribution is -2.51. The summed E-state index contributed by atoms with van der Waals surface area (Å²) in [6, 6.07) is 1.75. The van der Waals surface area contributed by atoms with Gasteiger partial charge in [0.15, 0.2) is 17.3 Å². The highest BCUT2D eigenvalue weighted by molar-refractivity contribution is 5.97. The molecule has 0 unspecified atom stereocenters. The zero-order valence-corrected chi connectivity index (χ0v) is 53.8. The molecular weight excluding hydrogens is 1110 g/mol. The molecule has 16 heteroatoms. The quantitative estimate of drug-likeness (QED) is 0.168. The normalized spacial score (nSPS) is 45.1. The molecule has 12 aliphatic carbocycles. The number of fused-ring (bicyclic) bond motifs is 15. The number of hydrogen-bond acceptors (Lipinski definition) is 13. The molecule has 4 N–H and O–H groups in total. The number of carbonyl (C=O) groups is 3. The van der Waals surface area contributed by atoms with Crippen molar-refractivity contribution in [3.8, 4) is 6.07 Å². The van der Waals surface area contributed by atoms with E-state index in [1.54, 1.807) is 36.4 Å². The van der Waals surface area contributed by atoms with Gasteiger partial charge in [-0.1, -0.05) is 48.3 Å². The Kier molecular flexibility index (Phi) is 20.4. The average molecular weight is 1230 g/mol. The van der Waals surface area contributed by atoms with Crippen molar-refractivity contribution in [2.75, 3.05) is 0 Å². The molecule has 0 amide bonds.